The van der Waals surface area contributed by atoms with Crippen LogP contribution in [0.25, 0.3) is 21.4 Å². The molecule has 2 nitrogen and oxygen atoms in total. The van der Waals surface area contributed by atoms with Crippen LogP contribution in [0.1, 0.15) is 0 Å². The Morgan fingerprint density at radius 1 is 1.31 bits per heavy atom. The topological polar surface area (TPSA) is 30.2 Å². The highest BCUT2D eigenvalue weighted by Crippen LogP contribution is 2.24. The summed E-state index contributed by atoms with van der Waals surface area (Å²) in [6.07, 6.45) is 0. The van der Waals surface area contributed by atoms with E-state index in [-0.39, 0.29) is 5.63 Å². The lowest BCUT2D eigenvalue weighted by atomic mass is 10.1. The maximum absolute atomic E-state index is 11.8. The number of fused-ring (bicyclic) bond motifs is 1. The highest BCUT2D eigenvalue weighted by molar-refractivity contribution is 7.13. The maximum atomic E-state index is 11.8. The third-order valence-electron chi connectivity index (χ3n) is 2.37. The molecule has 2 heterocycles. The summed E-state index contributed by atoms with van der Waals surface area (Å²) >= 11 is 1.53. The van der Waals surface area contributed by atoms with Crippen LogP contribution in [0.4, 0.5) is 0 Å². The van der Waals surface area contributed by atoms with E-state index < -0.39 is 0 Å². The van der Waals surface area contributed by atoms with Crippen LogP contribution < -0.4 is 5.63 Å². The second kappa shape index (κ2) is 3.61. The van der Waals surface area contributed by atoms with Gasteiger partial charge >= 0.3 is 5.63 Å². The lowest BCUT2D eigenvalue weighted by Gasteiger charge is -1.98. The molecular weight excluding hydrogens is 220 g/mol. The van der Waals surface area contributed by atoms with Gasteiger partial charge in [0.05, 0.1) is 5.56 Å². The summed E-state index contributed by atoms with van der Waals surface area (Å²) in [5.41, 5.74) is 0.899. The summed E-state index contributed by atoms with van der Waals surface area (Å²) in [4.78, 5) is 12.7. The molecule has 0 amide bonds. The van der Waals surface area contributed by atoms with E-state index in [9.17, 15) is 4.79 Å². The van der Waals surface area contributed by atoms with E-state index in [1.54, 1.807) is 12.1 Å². The normalized spacial score (nSPS) is 10.8. The van der Waals surface area contributed by atoms with Crippen molar-refractivity contribution in [2.45, 2.75) is 0 Å². The first-order valence-electron chi connectivity index (χ1n) is 4.82. The Bertz CT molecular complexity index is 680. The van der Waals surface area contributed by atoms with Gasteiger partial charge in [0, 0.05) is 10.3 Å². The van der Waals surface area contributed by atoms with Gasteiger partial charge in [-0.15, -0.1) is 11.3 Å². The van der Waals surface area contributed by atoms with Gasteiger partial charge in [-0.25, -0.2) is 4.79 Å². The first kappa shape index (κ1) is 9.36. The summed E-state index contributed by atoms with van der Waals surface area (Å²) in [5, 5.41) is 2.86. The monoisotopic (exact) mass is 227 g/mol. The van der Waals surface area contributed by atoms with E-state index in [1.165, 1.54) is 11.3 Å². The summed E-state index contributed by atoms with van der Waals surface area (Å²) in [7, 11) is 0. The van der Waals surface area contributed by atoms with Crippen LogP contribution in [0.5, 0.6) is 0 Å². The molecule has 3 heteroatoms. The van der Waals surface area contributed by atoms with E-state index in [2.05, 4.69) is 6.07 Å². The first-order chi connectivity index (χ1) is 7.84. The minimum absolute atomic E-state index is 0.297. The standard InChI is InChI=1S/C13H7O2S/c14-13-10(12-6-3-7-16-12)8-9-4-1-2-5-11(9)15-13/h1,3-8H. The van der Waals surface area contributed by atoms with Crippen LogP contribution in [-0.2, 0) is 0 Å². The van der Waals surface area contributed by atoms with Crippen molar-refractivity contribution in [2.24, 2.45) is 0 Å². The second-order valence-corrected chi connectivity index (χ2v) is 4.34. The van der Waals surface area contributed by atoms with Crippen molar-refractivity contribution < 1.29 is 4.42 Å². The van der Waals surface area contributed by atoms with Gasteiger partial charge in [-0.05, 0) is 29.6 Å². The van der Waals surface area contributed by atoms with Gasteiger partial charge in [-0.1, -0.05) is 18.2 Å². The van der Waals surface area contributed by atoms with Gasteiger partial charge in [0.15, 0.2) is 0 Å². The Kier molecular flexibility index (Phi) is 2.11. The molecule has 0 aliphatic rings. The lowest BCUT2D eigenvalue weighted by Crippen LogP contribution is -2.01. The zero-order valence-electron chi connectivity index (χ0n) is 8.27. The van der Waals surface area contributed by atoms with Gasteiger partial charge in [0.1, 0.15) is 5.58 Å². The number of hydrogen-bond donors (Lipinski definition) is 0. The summed E-state index contributed by atoms with van der Waals surface area (Å²) in [6, 6.07) is 13.9. The number of benzene rings is 1. The lowest BCUT2D eigenvalue weighted by molar-refractivity contribution is 0.563. The molecule has 0 saturated heterocycles. The highest BCUT2D eigenvalue weighted by atomic mass is 32.1. The van der Waals surface area contributed by atoms with Gasteiger partial charge in [0.2, 0.25) is 0 Å². The fourth-order valence-corrected chi connectivity index (χ4v) is 2.34. The summed E-state index contributed by atoms with van der Waals surface area (Å²) in [5.74, 6) is 0. The van der Waals surface area contributed by atoms with Gasteiger partial charge in [-0.3, -0.25) is 0 Å². The van der Waals surface area contributed by atoms with Crippen molar-refractivity contribution in [1.29, 1.82) is 0 Å². The van der Waals surface area contributed by atoms with Crippen molar-refractivity contribution in [2.75, 3.05) is 0 Å². The van der Waals surface area contributed by atoms with Crippen molar-refractivity contribution in [3.63, 3.8) is 0 Å². The minimum Gasteiger partial charge on any atom is -0.422 e. The zero-order valence-corrected chi connectivity index (χ0v) is 9.08. The predicted molar refractivity (Wildman–Crippen MR) is 64.6 cm³/mol. The first-order valence-corrected chi connectivity index (χ1v) is 5.70. The van der Waals surface area contributed by atoms with E-state index >= 15 is 0 Å². The largest absolute Gasteiger partial charge is 0.422 e. The van der Waals surface area contributed by atoms with E-state index in [0.717, 1.165) is 10.3 Å². The molecule has 0 atom stereocenters. The van der Waals surface area contributed by atoms with Crippen LogP contribution in [0.2, 0.25) is 0 Å². The quantitative estimate of drug-likeness (QED) is 0.597. The highest BCUT2D eigenvalue weighted by Gasteiger charge is 2.07. The van der Waals surface area contributed by atoms with Gasteiger partial charge in [-0.2, -0.15) is 0 Å². The Morgan fingerprint density at radius 3 is 3.06 bits per heavy atom. The molecule has 0 unspecified atom stereocenters. The summed E-state index contributed by atoms with van der Waals surface area (Å²) in [6.45, 7) is 0. The minimum atomic E-state index is -0.297. The van der Waals surface area contributed by atoms with Gasteiger partial charge < -0.3 is 4.42 Å². The second-order valence-electron chi connectivity index (χ2n) is 3.39. The fourth-order valence-electron chi connectivity index (χ4n) is 1.61. The third kappa shape index (κ3) is 1.46. The molecule has 2 aromatic heterocycles. The predicted octanol–water partition coefficient (Wildman–Crippen LogP) is 3.32. The van der Waals surface area contributed by atoms with Crippen molar-refractivity contribution >= 4 is 22.3 Å². The maximum Gasteiger partial charge on any atom is 0.345 e. The molecule has 0 spiro atoms. The van der Waals surface area contributed by atoms with Crippen molar-refractivity contribution in [3.05, 3.63) is 58.3 Å². The van der Waals surface area contributed by atoms with Crippen LogP contribution in [-0.4, -0.2) is 0 Å². The van der Waals surface area contributed by atoms with E-state index in [0.29, 0.717) is 11.1 Å². The molecule has 0 fully saturated rings. The van der Waals surface area contributed by atoms with Crippen LogP contribution in [0, 0.1) is 6.07 Å². The molecule has 3 aromatic rings. The average molecular weight is 227 g/mol. The number of rotatable bonds is 1. The molecule has 77 valence electrons. The molecule has 1 radical (unpaired) electrons. The number of thiophene rings is 1. The Balaban J connectivity index is 2.34. The molecule has 0 N–H and O–H groups in total. The molecular formula is C13H7O2S. The average Bonchev–Trinajstić information content (AvgIpc) is 2.81. The van der Waals surface area contributed by atoms with Crippen LogP contribution in [0.15, 0.2) is 51.0 Å². The fraction of sp³-hybridized carbons (Fsp3) is 0. The molecule has 0 saturated carbocycles. The molecule has 1 aromatic carbocycles. The third-order valence-corrected chi connectivity index (χ3v) is 3.27. The van der Waals surface area contributed by atoms with E-state index in [1.807, 2.05) is 29.6 Å². The summed E-state index contributed by atoms with van der Waals surface area (Å²) < 4.78 is 5.24. The Morgan fingerprint density at radius 2 is 2.25 bits per heavy atom. The van der Waals surface area contributed by atoms with Crippen LogP contribution >= 0.6 is 11.3 Å². The molecule has 0 aliphatic carbocycles. The van der Waals surface area contributed by atoms with Crippen molar-refractivity contribution in [3.8, 4) is 10.4 Å². The van der Waals surface area contributed by atoms with Crippen molar-refractivity contribution in [1.82, 2.24) is 0 Å². The number of hydrogen-bond acceptors (Lipinski definition) is 3. The Hall–Kier alpha value is -1.87. The Labute approximate surface area is 95.8 Å². The van der Waals surface area contributed by atoms with E-state index in [4.69, 9.17) is 4.42 Å². The van der Waals surface area contributed by atoms with Gasteiger partial charge in [0.25, 0.3) is 0 Å². The zero-order chi connectivity index (χ0) is 11.0. The SMILES string of the molecule is O=c1oc2c[c]ccc2cc1-c1cccs1. The molecule has 0 aliphatic heterocycles. The smallest absolute Gasteiger partial charge is 0.345 e. The molecule has 0 bridgehead atoms. The van der Waals surface area contributed by atoms with Crippen LogP contribution in [0.3, 0.4) is 0 Å². The molecule has 3 rings (SSSR count). The molecule has 16 heavy (non-hydrogen) atoms.